The molecule has 0 fully saturated rings. The largest absolute Gasteiger partial charge is 0.486 e. The summed E-state index contributed by atoms with van der Waals surface area (Å²) in [7, 11) is 1.81. The molecule has 0 atom stereocenters. The van der Waals surface area contributed by atoms with Crippen LogP contribution in [-0.2, 0) is 7.05 Å². The van der Waals surface area contributed by atoms with Gasteiger partial charge in [0.1, 0.15) is 19.0 Å². The van der Waals surface area contributed by atoms with Crippen molar-refractivity contribution in [2.45, 2.75) is 19.8 Å². The van der Waals surface area contributed by atoms with E-state index in [0.29, 0.717) is 35.6 Å². The number of benzene rings is 1. The van der Waals surface area contributed by atoms with E-state index in [0.717, 1.165) is 16.7 Å². The standard InChI is InChI=1S/C15H18ClN3O2/c1-8(2)12-9(10-7-18-19(3)15(10)17)6-11-14(13(12)16)21-5-4-20-11/h6-8H,4-5,17H2,1-3H3. The van der Waals surface area contributed by atoms with Crippen molar-refractivity contribution in [2.75, 3.05) is 18.9 Å². The number of anilines is 1. The Morgan fingerprint density at radius 1 is 1.29 bits per heavy atom. The third-order valence-electron chi connectivity index (χ3n) is 3.66. The van der Waals surface area contributed by atoms with Gasteiger partial charge in [0.05, 0.1) is 11.2 Å². The Morgan fingerprint density at radius 2 is 2.00 bits per heavy atom. The molecule has 112 valence electrons. The van der Waals surface area contributed by atoms with Crippen LogP contribution in [0.25, 0.3) is 11.1 Å². The number of hydrogen-bond acceptors (Lipinski definition) is 4. The van der Waals surface area contributed by atoms with Crippen LogP contribution in [-0.4, -0.2) is 23.0 Å². The Hall–Kier alpha value is -1.88. The maximum absolute atomic E-state index is 6.56. The SMILES string of the molecule is CC(C)c1c(-c2cnn(C)c2N)cc2c(c1Cl)OCCO2. The minimum absolute atomic E-state index is 0.225. The van der Waals surface area contributed by atoms with Crippen LogP contribution in [0.3, 0.4) is 0 Å². The van der Waals surface area contributed by atoms with Crippen molar-refractivity contribution in [1.82, 2.24) is 9.78 Å². The molecule has 1 aliphatic heterocycles. The molecule has 2 aromatic rings. The maximum atomic E-state index is 6.56. The number of fused-ring (bicyclic) bond motifs is 1. The normalized spacial score (nSPS) is 13.8. The summed E-state index contributed by atoms with van der Waals surface area (Å²) in [4.78, 5) is 0. The van der Waals surface area contributed by atoms with Crippen molar-refractivity contribution in [3.8, 4) is 22.6 Å². The van der Waals surface area contributed by atoms with Gasteiger partial charge in [0, 0.05) is 12.6 Å². The van der Waals surface area contributed by atoms with E-state index in [9.17, 15) is 0 Å². The second-order valence-corrected chi connectivity index (χ2v) is 5.78. The van der Waals surface area contributed by atoms with Crippen LogP contribution >= 0.6 is 11.6 Å². The Labute approximate surface area is 128 Å². The predicted molar refractivity (Wildman–Crippen MR) is 83.1 cm³/mol. The summed E-state index contributed by atoms with van der Waals surface area (Å²) in [6.07, 6.45) is 1.75. The van der Waals surface area contributed by atoms with Gasteiger partial charge in [-0.05, 0) is 23.1 Å². The van der Waals surface area contributed by atoms with Gasteiger partial charge in [0.2, 0.25) is 0 Å². The van der Waals surface area contributed by atoms with Gasteiger partial charge in [-0.3, -0.25) is 4.68 Å². The smallest absolute Gasteiger partial charge is 0.180 e. The molecule has 0 spiro atoms. The fourth-order valence-electron chi connectivity index (χ4n) is 2.60. The van der Waals surface area contributed by atoms with E-state index < -0.39 is 0 Å². The molecule has 0 aliphatic carbocycles. The number of nitrogens with zero attached hydrogens (tertiary/aromatic N) is 2. The zero-order valence-corrected chi connectivity index (χ0v) is 13.1. The molecule has 3 rings (SSSR count). The molecule has 2 N–H and O–H groups in total. The van der Waals surface area contributed by atoms with Gasteiger partial charge in [-0.2, -0.15) is 5.10 Å². The molecule has 0 radical (unpaired) electrons. The molecule has 21 heavy (non-hydrogen) atoms. The maximum Gasteiger partial charge on any atom is 0.180 e. The topological polar surface area (TPSA) is 62.3 Å². The first-order valence-corrected chi connectivity index (χ1v) is 7.28. The minimum atomic E-state index is 0.225. The number of aromatic nitrogens is 2. The molecule has 1 aliphatic rings. The van der Waals surface area contributed by atoms with E-state index in [1.807, 2.05) is 13.1 Å². The number of halogens is 1. The lowest BCUT2D eigenvalue weighted by Crippen LogP contribution is -2.16. The molecule has 0 amide bonds. The lowest BCUT2D eigenvalue weighted by atomic mass is 9.92. The highest BCUT2D eigenvalue weighted by Crippen LogP contribution is 2.47. The molecule has 2 heterocycles. The quantitative estimate of drug-likeness (QED) is 0.925. The van der Waals surface area contributed by atoms with Crippen molar-refractivity contribution in [3.05, 3.63) is 22.8 Å². The molecule has 0 unspecified atom stereocenters. The number of hydrogen-bond donors (Lipinski definition) is 1. The van der Waals surface area contributed by atoms with E-state index in [1.54, 1.807) is 10.9 Å². The molecule has 0 bridgehead atoms. The average Bonchev–Trinajstić information content (AvgIpc) is 2.78. The minimum Gasteiger partial charge on any atom is -0.486 e. The van der Waals surface area contributed by atoms with E-state index in [4.69, 9.17) is 26.8 Å². The van der Waals surface area contributed by atoms with Gasteiger partial charge in [0.25, 0.3) is 0 Å². The van der Waals surface area contributed by atoms with Crippen molar-refractivity contribution in [2.24, 2.45) is 7.05 Å². The lowest BCUT2D eigenvalue weighted by Gasteiger charge is -2.24. The third-order valence-corrected chi connectivity index (χ3v) is 4.04. The van der Waals surface area contributed by atoms with Crippen LogP contribution < -0.4 is 15.2 Å². The molecule has 1 aromatic heterocycles. The number of rotatable bonds is 2. The van der Waals surface area contributed by atoms with Gasteiger partial charge in [-0.25, -0.2) is 0 Å². The van der Waals surface area contributed by atoms with Crippen molar-refractivity contribution < 1.29 is 9.47 Å². The number of nitrogens with two attached hydrogens (primary N) is 1. The van der Waals surface area contributed by atoms with Crippen LogP contribution in [0.1, 0.15) is 25.3 Å². The summed E-state index contributed by atoms with van der Waals surface area (Å²) in [5.74, 6) is 2.11. The molecule has 6 heteroatoms. The highest BCUT2D eigenvalue weighted by molar-refractivity contribution is 6.33. The average molecular weight is 308 g/mol. The Morgan fingerprint density at radius 3 is 2.62 bits per heavy atom. The molecule has 1 aromatic carbocycles. The first kappa shape index (κ1) is 14.1. The summed E-state index contributed by atoms with van der Waals surface area (Å²) in [5, 5.41) is 4.81. The summed E-state index contributed by atoms with van der Waals surface area (Å²) in [6.45, 7) is 5.21. The summed E-state index contributed by atoms with van der Waals surface area (Å²) in [6, 6.07) is 1.95. The predicted octanol–water partition coefficient (Wildman–Crippen LogP) is 3.22. The van der Waals surface area contributed by atoms with Crippen LogP contribution in [0.5, 0.6) is 11.5 Å². The zero-order valence-electron chi connectivity index (χ0n) is 12.3. The number of nitrogen functional groups attached to an aromatic ring is 1. The molecule has 0 saturated heterocycles. The fraction of sp³-hybridized carbons (Fsp3) is 0.400. The van der Waals surface area contributed by atoms with Crippen LogP contribution in [0, 0.1) is 0 Å². The first-order chi connectivity index (χ1) is 10.0. The lowest BCUT2D eigenvalue weighted by molar-refractivity contribution is 0.171. The highest BCUT2D eigenvalue weighted by Gasteiger charge is 2.25. The van der Waals surface area contributed by atoms with Gasteiger partial charge in [0.15, 0.2) is 11.5 Å². The van der Waals surface area contributed by atoms with Crippen LogP contribution in [0.4, 0.5) is 5.82 Å². The second kappa shape index (κ2) is 5.15. The summed E-state index contributed by atoms with van der Waals surface area (Å²) >= 11 is 6.56. The van der Waals surface area contributed by atoms with Gasteiger partial charge in [-0.1, -0.05) is 25.4 Å². The third kappa shape index (κ3) is 2.21. The highest BCUT2D eigenvalue weighted by atomic mass is 35.5. The van der Waals surface area contributed by atoms with Crippen molar-refractivity contribution in [1.29, 1.82) is 0 Å². The van der Waals surface area contributed by atoms with Crippen LogP contribution in [0.15, 0.2) is 12.3 Å². The Bertz CT molecular complexity index is 695. The van der Waals surface area contributed by atoms with Crippen LogP contribution in [0.2, 0.25) is 5.02 Å². The monoisotopic (exact) mass is 307 g/mol. The summed E-state index contributed by atoms with van der Waals surface area (Å²) < 4.78 is 13.0. The van der Waals surface area contributed by atoms with Crippen molar-refractivity contribution >= 4 is 17.4 Å². The number of ether oxygens (including phenoxy) is 2. The molecule has 5 nitrogen and oxygen atoms in total. The second-order valence-electron chi connectivity index (χ2n) is 5.40. The molecule has 0 saturated carbocycles. The van der Waals surface area contributed by atoms with E-state index >= 15 is 0 Å². The van der Waals surface area contributed by atoms with Gasteiger partial charge in [-0.15, -0.1) is 0 Å². The zero-order chi connectivity index (χ0) is 15.1. The fourth-order valence-corrected chi connectivity index (χ4v) is 3.07. The van der Waals surface area contributed by atoms with E-state index in [2.05, 4.69) is 18.9 Å². The molecular formula is C15H18ClN3O2. The van der Waals surface area contributed by atoms with Crippen molar-refractivity contribution in [3.63, 3.8) is 0 Å². The van der Waals surface area contributed by atoms with E-state index in [-0.39, 0.29) is 5.92 Å². The first-order valence-electron chi connectivity index (χ1n) is 6.90. The molecular weight excluding hydrogens is 290 g/mol. The van der Waals surface area contributed by atoms with Gasteiger partial charge >= 0.3 is 0 Å². The Balaban J connectivity index is 2.28. The number of aryl methyl sites for hydroxylation is 1. The van der Waals surface area contributed by atoms with Gasteiger partial charge < -0.3 is 15.2 Å². The van der Waals surface area contributed by atoms with E-state index in [1.165, 1.54) is 0 Å². The summed E-state index contributed by atoms with van der Waals surface area (Å²) in [5.41, 5.74) is 8.93. The Kier molecular flexibility index (Phi) is 3.45.